The molecule has 0 aliphatic heterocycles. The minimum Gasteiger partial charge on any atom is -0.462 e. The first kappa shape index (κ1) is 71.8. The fourth-order valence-electron chi connectivity index (χ4n) is 7.65. The van der Waals surface area contributed by atoms with Crippen LogP contribution in [0.25, 0.3) is 0 Å². The second kappa shape index (κ2) is 63.3. The number of carbonyl (C=O) groups excluding carboxylic acids is 3. The summed E-state index contributed by atoms with van der Waals surface area (Å²) in [6, 6.07) is 0. The number of ether oxygens (including phenoxy) is 3. The van der Waals surface area contributed by atoms with E-state index >= 15 is 0 Å². The standard InChI is InChI=1S/C71H110O6/c1-4-7-10-13-16-19-22-25-28-30-31-32-33-34-35-36-37-38-39-41-43-46-49-52-55-58-61-64-70(73)76-67-68(66-75-69(72)63-60-57-54-51-48-45-42-27-24-21-18-15-12-9-6-3)77-71(74)65-62-59-56-53-50-47-44-40-29-26-23-20-17-14-11-8-5-2/h7,9-10,12,16-21,25-29,31-32,34-35,37-38,41-43,48-49,51-52,68H,4-6,8,11,13-15,22-24,30,33,36,39-40,44-47,50,53-67H2,1-3H3/b10-7-,12-9-,19-16-,20-17-,21-18-,28-25-,29-26-,32-31-,35-34-,38-37-,42-27-,43-41-,51-48-,52-49-. The Bertz CT molecular complexity index is 1790. The molecule has 0 aromatic heterocycles. The number of esters is 3. The van der Waals surface area contributed by atoms with E-state index in [-0.39, 0.29) is 44.0 Å². The summed E-state index contributed by atoms with van der Waals surface area (Å²) in [5, 5.41) is 0. The predicted molar refractivity (Wildman–Crippen MR) is 334 cm³/mol. The van der Waals surface area contributed by atoms with Gasteiger partial charge >= 0.3 is 17.9 Å². The van der Waals surface area contributed by atoms with Crippen LogP contribution in [0.4, 0.5) is 0 Å². The largest absolute Gasteiger partial charge is 0.462 e. The molecule has 0 bridgehead atoms. The lowest BCUT2D eigenvalue weighted by Crippen LogP contribution is -2.30. The molecule has 0 amide bonds. The first-order chi connectivity index (χ1) is 38.0. The van der Waals surface area contributed by atoms with Gasteiger partial charge < -0.3 is 14.2 Å². The Kier molecular flexibility index (Phi) is 59.0. The van der Waals surface area contributed by atoms with E-state index in [1.165, 1.54) is 44.9 Å². The zero-order valence-electron chi connectivity index (χ0n) is 49.1. The minimum absolute atomic E-state index is 0.125. The maximum absolute atomic E-state index is 12.9. The first-order valence-corrected chi connectivity index (χ1v) is 30.6. The fraction of sp³-hybridized carbons (Fsp3) is 0.563. The lowest BCUT2D eigenvalue weighted by atomic mass is 10.1. The van der Waals surface area contributed by atoms with Gasteiger partial charge in [0, 0.05) is 19.3 Å². The van der Waals surface area contributed by atoms with Gasteiger partial charge in [-0.05, 0) is 154 Å². The molecule has 0 fully saturated rings. The number of carbonyl (C=O) groups is 3. The molecule has 0 rings (SSSR count). The molecule has 6 heteroatoms. The van der Waals surface area contributed by atoms with Crippen LogP contribution in [-0.2, 0) is 28.6 Å². The highest BCUT2D eigenvalue weighted by molar-refractivity contribution is 5.71. The SMILES string of the molecule is CC/C=C\C/C=C\C/C=C\C/C=C\C/C=C\C/C=C\C/C=C\C/C=C\CCCCC(=O)OCC(COC(=O)CCCC/C=C\C/C=C\C/C=C\C/C=C\CC)OC(=O)CCCCCCCCC/C=C\C/C=C\CCCCC. The highest BCUT2D eigenvalue weighted by Crippen LogP contribution is 2.13. The van der Waals surface area contributed by atoms with Gasteiger partial charge in [0.15, 0.2) is 6.10 Å². The molecule has 430 valence electrons. The molecule has 0 heterocycles. The number of allylic oxidation sites excluding steroid dienone is 28. The van der Waals surface area contributed by atoms with Crippen molar-refractivity contribution in [2.24, 2.45) is 0 Å². The lowest BCUT2D eigenvalue weighted by molar-refractivity contribution is -0.167. The average Bonchev–Trinajstić information content (AvgIpc) is 3.43. The molecule has 0 saturated carbocycles. The van der Waals surface area contributed by atoms with E-state index in [1.54, 1.807) is 0 Å². The fourth-order valence-corrected chi connectivity index (χ4v) is 7.65. The Hall–Kier alpha value is -5.23. The van der Waals surface area contributed by atoms with Crippen molar-refractivity contribution in [3.05, 3.63) is 170 Å². The third-order valence-electron chi connectivity index (χ3n) is 12.2. The second-order valence-electron chi connectivity index (χ2n) is 19.5. The highest BCUT2D eigenvalue weighted by Gasteiger charge is 2.19. The van der Waals surface area contributed by atoms with Crippen LogP contribution in [0.2, 0.25) is 0 Å². The second-order valence-corrected chi connectivity index (χ2v) is 19.5. The Balaban J connectivity index is 4.53. The molecule has 1 atom stereocenters. The highest BCUT2D eigenvalue weighted by atomic mass is 16.6. The van der Waals surface area contributed by atoms with Crippen molar-refractivity contribution in [2.75, 3.05) is 13.2 Å². The quantitative estimate of drug-likeness (QED) is 0.0261. The van der Waals surface area contributed by atoms with Gasteiger partial charge in [0.05, 0.1) is 0 Å². The van der Waals surface area contributed by atoms with Crippen molar-refractivity contribution < 1.29 is 28.6 Å². The summed E-state index contributed by atoms with van der Waals surface area (Å²) in [6.45, 7) is 6.29. The molecule has 0 spiro atoms. The van der Waals surface area contributed by atoms with Gasteiger partial charge in [-0.1, -0.05) is 236 Å². The van der Waals surface area contributed by atoms with Crippen LogP contribution >= 0.6 is 0 Å². The average molecular weight is 1060 g/mol. The summed E-state index contributed by atoms with van der Waals surface area (Å²) in [7, 11) is 0. The number of rotatable bonds is 53. The van der Waals surface area contributed by atoms with E-state index in [1.807, 2.05) is 0 Å². The van der Waals surface area contributed by atoms with Crippen LogP contribution in [-0.4, -0.2) is 37.2 Å². The summed E-state index contributed by atoms with van der Waals surface area (Å²) in [6.07, 6.45) is 93.5. The molecule has 6 nitrogen and oxygen atoms in total. The van der Waals surface area contributed by atoms with Crippen molar-refractivity contribution in [2.45, 2.75) is 245 Å². The molecule has 0 radical (unpaired) electrons. The van der Waals surface area contributed by atoms with Gasteiger partial charge in [-0.3, -0.25) is 14.4 Å². The molecular formula is C71H110O6. The van der Waals surface area contributed by atoms with Gasteiger partial charge in [0.1, 0.15) is 13.2 Å². The molecule has 0 saturated heterocycles. The Morgan fingerprint density at radius 3 is 0.818 bits per heavy atom. The molecule has 0 aliphatic carbocycles. The molecule has 77 heavy (non-hydrogen) atoms. The van der Waals surface area contributed by atoms with Crippen LogP contribution in [0.3, 0.4) is 0 Å². The maximum atomic E-state index is 12.9. The van der Waals surface area contributed by atoms with Gasteiger partial charge in [-0.2, -0.15) is 0 Å². The van der Waals surface area contributed by atoms with E-state index in [2.05, 4.69) is 191 Å². The van der Waals surface area contributed by atoms with Crippen molar-refractivity contribution in [3.8, 4) is 0 Å². The van der Waals surface area contributed by atoms with Crippen molar-refractivity contribution in [1.29, 1.82) is 0 Å². The smallest absolute Gasteiger partial charge is 0.306 e. The monoisotopic (exact) mass is 1060 g/mol. The third-order valence-corrected chi connectivity index (χ3v) is 12.2. The Morgan fingerprint density at radius 2 is 0.506 bits per heavy atom. The predicted octanol–water partition coefficient (Wildman–Crippen LogP) is 21.1. The first-order valence-electron chi connectivity index (χ1n) is 30.6. The van der Waals surface area contributed by atoms with E-state index in [0.717, 1.165) is 141 Å². The van der Waals surface area contributed by atoms with Crippen molar-refractivity contribution in [3.63, 3.8) is 0 Å². The molecule has 0 aromatic carbocycles. The van der Waals surface area contributed by atoms with Crippen LogP contribution in [0.15, 0.2) is 170 Å². The maximum Gasteiger partial charge on any atom is 0.306 e. The van der Waals surface area contributed by atoms with Crippen LogP contribution in [0.5, 0.6) is 0 Å². The summed E-state index contributed by atoms with van der Waals surface area (Å²) >= 11 is 0. The minimum atomic E-state index is -0.828. The number of unbranched alkanes of at least 4 members (excludes halogenated alkanes) is 14. The van der Waals surface area contributed by atoms with Gasteiger partial charge in [-0.25, -0.2) is 0 Å². The third kappa shape index (κ3) is 61.5. The van der Waals surface area contributed by atoms with E-state index < -0.39 is 6.10 Å². The van der Waals surface area contributed by atoms with Gasteiger partial charge in [0.2, 0.25) is 0 Å². The summed E-state index contributed by atoms with van der Waals surface area (Å²) < 4.78 is 16.8. The zero-order valence-corrected chi connectivity index (χ0v) is 49.1. The Morgan fingerprint density at radius 1 is 0.273 bits per heavy atom. The zero-order chi connectivity index (χ0) is 55.7. The molecule has 0 N–H and O–H groups in total. The van der Waals surface area contributed by atoms with E-state index in [0.29, 0.717) is 19.3 Å². The molecule has 0 aliphatic rings. The van der Waals surface area contributed by atoms with E-state index in [4.69, 9.17) is 14.2 Å². The summed E-state index contributed by atoms with van der Waals surface area (Å²) in [5.41, 5.74) is 0. The summed E-state index contributed by atoms with van der Waals surface area (Å²) in [4.78, 5) is 38.2. The topological polar surface area (TPSA) is 78.9 Å². The van der Waals surface area contributed by atoms with Crippen LogP contribution in [0.1, 0.15) is 239 Å². The molecule has 1 unspecified atom stereocenters. The number of hydrogen-bond acceptors (Lipinski definition) is 6. The van der Waals surface area contributed by atoms with Crippen LogP contribution < -0.4 is 0 Å². The van der Waals surface area contributed by atoms with Crippen LogP contribution in [0, 0.1) is 0 Å². The van der Waals surface area contributed by atoms with Gasteiger partial charge in [-0.15, -0.1) is 0 Å². The Labute approximate surface area is 472 Å². The summed E-state index contributed by atoms with van der Waals surface area (Å²) in [5.74, 6) is -1.02. The molecular weight excluding hydrogens is 949 g/mol. The van der Waals surface area contributed by atoms with Crippen molar-refractivity contribution >= 4 is 17.9 Å². The van der Waals surface area contributed by atoms with Crippen molar-refractivity contribution in [1.82, 2.24) is 0 Å². The molecule has 0 aromatic rings. The van der Waals surface area contributed by atoms with Gasteiger partial charge in [0.25, 0.3) is 0 Å². The lowest BCUT2D eigenvalue weighted by Gasteiger charge is -2.18. The van der Waals surface area contributed by atoms with E-state index in [9.17, 15) is 14.4 Å². The normalized spacial score (nSPS) is 13.3. The number of hydrogen-bond donors (Lipinski definition) is 0.